The number of carboxylic acids is 1. The van der Waals surface area contributed by atoms with Gasteiger partial charge in [0.05, 0.1) is 5.25 Å². The summed E-state index contributed by atoms with van der Waals surface area (Å²) >= 11 is 0. The number of hydrogen-bond acceptors (Lipinski definition) is 5. The van der Waals surface area contributed by atoms with Crippen LogP contribution in [-0.2, 0) is 24.4 Å². The molecule has 0 aromatic carbocycles. The zero-order valence-corrected chi connectivity index (χ0v) is 15.3. The molecule has 1 heterocycles. The molecule has 2 N–H and O–H groups in total. The number of amides is 1. The zero-order valence-electron chi connectivity index (χ0n) is 14.4. The van der Waals surface area contributed by atoms with Crippen LogP contribution in [0.3, 0.4) is 0 Å². The van der Waals surface area contributed by atoms with Crippen LogP contribution in [0.2, 0.25) is 0 Å². The molecule has 1 aliphatic carbocycles. The van der Waals surface area contributed by atoms with Crippen molar-refractivity contribution in [3.05, 3.63) is 0 Å². The number of piperidine rings is 1. The van der Waals surface area contributed by atoms with Gasteiger partial charge in [-0.3, -0.25) is 9.59 Å². The maximum absolute atomic E-state index is 13.0. The van der Waals surface area contributed by atoms with Gasteiger partial charge in [0.25, 0.3) is 0 Å². The molecule has 0 aromatic heterocycles. The number of nitrogens with one attached hydrogen (secondary N) is 1. The second-order valence-corrected chi connectivity index (χ2v) is 8.98. The van der Waals surface area contributed by atoms with E-state index in [-0.39, 0.29) is 6.54 Å². The van der Waals surface area contributed by atoms with Crippen LogP contribution < -0.4 is 5.32 Å². The highest BCUT2D eigenvalue weighted by molar-refractivity contribution is 7.89. The van der Waals surface area contributed by atoms with Crippen molar-refractivity contribution in [2.45, 2.75) is 75.6 Å². The molecule has 1 amide bonds. The van der Waals surface area contributed by atoms with Crippen molar-refractivity contribution in [1.82, 2.24) is 9.62 Å². The highest BCUT2D eigenvalue weighted by Gasteiger charge is 2.42. The van der Waals surface area contributed by atoms with E-state index in [1.807, 2.05) is 0 Å². The summed E-state index contributed by atoms with van der Waals surface area (Å²) in [6, 6.07) is -2.59. The van der Waals surface area contributed by atoms with E-state index >= 15 is 0 Å². The van der Waals surface area contributed by atoms with Crippen LogP contribution in [0.15, 0.2) is 0 Å². The minimum absolute atomic E-state index is 0.259. The van der Waals surface area contributed by atoms with E-state index in [1.165, 1.54) is 4.31 Å². The van der Waals surface area contributed by atoms with Crippen LogP contribution in [0.25, 0.3) is 0 Å². The third-order valence-electron chi connectivity index (χ3n) is 5.00. The predicted octanol–water partition coefficient (Wildman–Crippen LogP) is 0.662. The van der Waals surface area contributed by atoms with Gasteiger partial charge < -0.3 is 10.4 Å². The molecular weight excluding hydrogens is 348 g/mol. The molecule has 0 aromatic rings. The van der Waals surface area contributed by atoms with E-state index in [9.17, 15) is 22.8 Å². The first-order chi connectivity index (χ1) is 11.7. The van der Waals surface area contributed by atoms with Gasteiger partial charge in [0.1, 0.15) is 6.04 Å². The Morgan fingerprint density at radius 2 is 1.64 bits per heavy atom. The maximum Gasteiger partial charge on any atom is 0.334 e. The molecule has 2 aliphatic rings. The topological polar surface area (TPSA) is 121 Å². The van der Waals surface area contributed by atoms with Gasteiger partial charge in [0.15, 0.2) is 11.8 Å². The molecule has 2 fully saturated rings. The monoisotopic (exact) mass is 374 g/mol. The molecular formula is C16H26N2O6S. The Morgan fingerprint density at radius 3 is 2.20 bits per heavy atom. The van der Waals surface area contributed by atoms with Crippen molar-refractivity contribution in [1.29, 1.82) is 0 Å². The second kappa shape index (κ2) is 8.27. The van der Waals surface area contributed by atoms with Crippen molar-refractivity contribution in [2.24, 2.45) is 0 Å². The van der Waals surface area contributed by atoms with E-state index in [0.717, 1.165) is 26.2 Å². The first-order valence-electron chi connectivity index (χ1n) is 8.79. The Morgan fingerprint density at radius 1 is 1.04 bits per heavy atom. The van der Waals surface area contributed by atoms with Crippen molar-refractivity contribution in [2.75, 3.05) is 6.54 Å². The number of aliphatic carboxylic acids is 1. The molecule has 0 bridgehead atoms. The summed E-state index contributed by atoms with van der Waals surface area (Å²) in [4.78, 5) is 35.0. The third-order valence-corrected chi connectivity index (χ3v) is 7.40. The molecule has 9 heteroatoms. The SMILES string of the molecule is CC(=O)[C@H](NC(=O)[C@@H]1CCCCN1S(=O)(=O)C1CCCCC1)C(=O)O. The highest BCUT2D eigenvalue weighted by Crippen LogP contribution is 2.30. The summed E-state index contributed by atoms with van der Waals surface area (Å²) in [5.41, 5.74) is 0. The second-order valence-electron chi connectivity index (χ2n) is 6.82. The fourth-order valence-corrected chi connectivity index (χ4v) is 5.85. The van der Waals surface area contributed by atoms with E-state index < -0.39 is 45.0 Å². The van der Waals surface area contributed by atoms with Gasteiger partial charge in [-0.05, 0) is 32.6 Å². The Kier molecular flexibility index (Phi) is 6.56. The van der Waals surface area contributed by atoms with Crippen LogP contribution >= 0.6 is 0 Å². The summed E-state index contributed by atoms with van der Waals surface area (Å²) in [5, 5.41) is 10.8. The van der Waals surface area contributed by atoms with Gasteiger partial charge in [-0.2, -0.15) is 4.31 Å². The Bertz CT molecular complexity index is 613. The highest BCUT2D eigenvalue weighted by atomic mass is 32.2. The van der Waals surface area contributed by atoms with Crippen molar-refractivity contribution >= 4 is 27.7 Å². The number of carboxylic acid groups (broad SMARTS) is 1. The van der Waals surface area contributed by atoms with Gasteiger partial charge in [0.2, 0.25) is 15.9 Å². The quantitative estimate of drug-likeness (QED) is 0.659. The lowest BCUT2D eigenvalue weighted by atomic mass is 10.0. The number of Topliss-reactive ketones (excluding diaryl/α,β-unsaturated/α-hetero) is 1. The molecule has 0 radical (unpaired) electrons. The molecule has 2 rings (SSSR count). The van der Waals surface area contributed by atoms with E-state index in [4.69, 9.17) is 5.11 Å². The number of rotatable bonds is 6. The number of nitrogens with zero attached hydrogens (tertiary/aromatic N) is 1. The van der Waals surface area contributed by atoms with Gasteiger partial charge in [0, 0.05) is 6.54 Å². The number of ketones is 1. The lowest BCUT2D eigenvalue weighted by molar-refractivity contribution is -0.146. The van der Waals surface area contributed by atoms with Gasteiger partial charge in [-0.25, -0.2) is 13.2 Å². The van der Waals surface area contributed by atoms with Crippen LogP contribution in [0.4, 0.5) is 0 Å². The Labute approximate surface area is 148 Å². The predicted molar refractivity (Wildman–Crippen MR) is 90.4 cm³/mol. The summed E-state index contributed by atoms with van der Waals surface area (Å²) in [7, 11) is -3.62. The number of carbonyl (C=O) groups is 3. The smallest absolute Gasteiger partial charge is 0.334 e. The Hall–Kier alpha value is -1.48. The third kappa shape index (κ3) is 4.58. The van der Waals surface area contributed by atoms with Crippen molar-refractivity contribution in [3.63, 3.8) is 0 Å². The largest absolute Gasteiger partial charge is 0.479 e. The summed E-state index contributed by atoms with van der Waals surface area (Å²) in [6.07, 6.45) is 5.63. The lowest BCUT2D eigenvalue weighted by Crippen LogP contribution is -2.57. The molecule has 1 aliphatic heterocycles. The fourth-order valence-electron chi connectivity index (χ4n) is 3.60. The number of hydrogen-bond donors (Lipinski definition) is 2. The van der Waals surface area contributed by atoms with Gasteiger partial charge in [-0.15, -0.1) is 0 Å². The molecule has 1 saturated carbocycles. The summed E-state index contributed by atoms with van der Waals surface area (Å²) in [6.45, 7) is 1.34. The average molecular weight is 374 g/mol. The summed E-state index contributed by atoms with van der Waals surface area (Å²) in [5.74, 6) is -2.85. The van der Waals surface area contributed by atoms with Crippen LogP contribution in [0.5, 0.6) is 0 Å². The number of sulfonamides is 1. The molecule has 0 unspecified atom stereocenters. The molecule has 2 atom stereocenters. The number of carbonyl (C=O) groups excluding carboxylic acids is 2. The molecule has 25 heavy (non-hydrogen) atoms. The average Bonchev–Trinajstić information content (AvgIpc) is 2.59. The minimum Gasteiger partial charge on any atom is -0.479 e. The standard InChI is InChI=1S/C16H26N2O6S/c1-11(19)14(16(21)22)17-15(20)13-9-5-6-10-18(13)25(23,24)12-7-3-2-4-8-12/h12-14H,2-10H2,1H3,(H,17,20)(H,21,22)/t13-,14-/m0/s1. The Balaban J connectivity index is 2.17. The van der Waals surface area contributed by atoms with E-state index in [2.05, 4.69) is 5.32 Å². The lowest BCUT2D eigenvalue weighted by Gasteiger charge is -2.37. The summed E-state index contributed by atoms with van der Waals surface area (Å²) < 4.78 is 27.2. The maximum atomic E-state index is 13.0. The van der Waals surface area contributed by atoms with Crippen LogP contribution in [-0.4, -0.2) is 59.4 Å². The molecule has 1 saturated heterocycles. The van der Waals surface area contributed by atoms with E-state index in [1.54, 1.807) is 0 Å². The normalized spacial score (nSPS) is 24.4. The fraction of sp³-hybridized carbons (Fsp3) is 0.812. The minimum atomic E-state index is -3.62. The van der Waals surface area contributed by atoms with Crippen molar-refractivity contribution in [3.8, 4) is 0 Å². The van der Waals surface area contributed by atoms with E-state index in [0.29, 0.717) is 32.1 Å². The molecule has 8 nitrogen and oxygen atoms in total. The molecule has 142 valence electrons. The van der Waals surface area contributed by atoms with Gasteiger partial charge in [-0.1, -0.05) is 25.7 Å². The van der Waals surface area contributed by atoms with Crippen LogP contribution in [0.1, 0.15) is 58.3 Å². The first kappa shape index (κ1) is 19.8. The van der Waals surface area contributed by atoms with Crippen molar-refractivity contribution < 1.29 is 27.9 Å². The molecule has 0 spiro atoms. The zero-order chi connectivity index (χ0) is 18.6. The van der Waals surface area contributed by atoms with Gasteiger partial charge >= 0.3 is 5.97 Å². The van der Waals surface area contributed by atoms with Crippen LogP contribution in [0, 0.1) is 0 Å². The first-order valence-corrected chi connectivity index (χ1v) is 10.3.